The molecule has 0 fully saturated rings. The molecule has 0 atom stereocenters. The van der Waals surface area contributed by atoms with Gasteiger partial charge in [0, 0.05) is 36.0 Å². The topological polar surface area (TPSA) is 52.4 Å². The molecule has 0 aliphatic rings. The summed E-state index contributed by atoms with van der Waals surface area (Å²) in [6.07, 6.45) is 9.53. The minimum atomic E-state index is -0.447. The Hall–Kier alpha value is -1.04. The molecule has 0 saturated carbocycles. The monoisotopic (exact) mass is 473 g/mol. The molecule has 26 heavy (non-hydrogen) atoms. The van der Waals surface area contributed by atoms with Crippen molar-refractivity contribution >= 4 is 29.6 Å². The van der Waals surface area contributed by atoms with Gasteiger partial charge in [-0.3, -0.25) is 10.1 Å². The molecule has 0 bridgehead atoms. The second-order valence-electron chi connectivity index (χ2n) is 5.35. The third-order valence-corrected chi connectivity index (χ3v) is 2.92. The molecule has 1 rings (SSSR count). The van der Waals surface area contributed by atoms with E-state index in [1.807, 2.05) is 0 Å². The fourth-order valence-electron chi connectivity index (χ4n) is 0.819. The molecule has 0 saturated heterocycles. The molecule has 5 heteroatoms. The maximum atomic E-state index is 10.3. The molecule has 4 nitrogen and oxygen atoms in total. The molecule has 1 aromatic rings. The van der Waals surface area contributed by atoms with E-state index in [-0.39, 0.29) is 29.6 Å². The van der Waals surface area contributed by atoms with Crippen molar-refractivity contribution in [2.45, 2.75) is 80.1 Å². The third kappa shape index (κ3) is 27.8. The van der Waals surface area contributed by atoms with Crippen LogP contribution in [0.3, 0.4) is 0 Å². The number of hydrogen-bond acceptors (Lipinski definition) is 3. The summed E-state index contributed by atoms with van der Waals surface area (Å²) in [6, 6.07) is 5.92. The van der Waals surface area contributed by atoms with Gasteiger partial charge in [0.05, 0.1) is 4.92 Å². The summed E-state index contributed by atoms with van der Waals surface area (Å²) >= 11 is 0. The van der Waals surface area contributed by atoms with E-state index >= 15 is 0 Å². The standard InChI is InChI=1S/C9H9NO3.3C4H10.Sn/c1-2-7-13-9-5-3-8(4-6-9)10(11)12;3*1-3-4-2;/h2-6H,1,7H2;3*3-4H2,1-2H3;. The summed E-state index contributed by atoms with van der Waals surface area (Å²) < 4.78 is 5.15. The Kier molecular flexibility index (Phi) is 36.1. The van der Waals surface area contributed by atoms with Crippen LogP contribution in [0.1, 0.15) is 80.1 Å². The molecule has 150 valence electrons. The average molecular weight is 472 g/mol. The van der Waals surface area contributed by atoms with Crippen molar-refractivity contribution < 1.29 is 9.66 Å². The number of nitro groups is 1. The smallest absolute Gasteiger partial charge is 0.269 e. The molecule has 0 spiro atoms. The van der Waals surface area contributed by atoms with Gasteiger partial charge >= 0.3 is 0 Å². The summed E-state index contributed by atoms with van der Waals surface area (Å²) in [6.45, 7) is 17.0. The first-order chi connectivity index (χ1) is 12.0. The van der Waals surface area contributed by atoms with Crippen molar-refractivity contribution in [3.63, 3.8) is 0 Å². The normalized spacial score (nSPS) is 8.08. The van der Waals surface area contributed by atoms with Crippen LogP contribution in [0.15, 0.2) is 36.9 Å². The number of rotatable bonds is 7. The Bertz CT molecular complexity index is 379. The molecule has 0 heterocycles. The van der Waals surface area contributed by atoms with E-state index in [4.69, 9.17) is 4.74 Å². The van der Waals surface area contributed by atoms with Gasteiger partial charge in [-0.05, 0) is 12.1 Å². The van der Waals surface area contributed by atoms with Gasteiger partial charge in [-0.2, -0.15) is 0 Å². The van der Waals surface area contributed by atoms with Crippen LogP contribution in [-0.2, 0) is 0 Å². The van der Waals surface area contributed by atoms with E-state index in [0.717, 1.165) is 0 Å². The summed E-state index contributed by atoms with van der Waals surface area (Å²) in [5.41, 5.74) is 0.0611. The summed E-state index contributed by atoms with van der Waals surface area (Å²) in [5.74, 6) is 0.602. The molecule has 0 aliphatic heterocycles. The van der Waals surface area contributed by atoms with E-state index in [0.29, 0.717) is 12.4 Å². The van der Waals surface area contributed by atoms with Gasteiger partial charge in [0.2, 0.25) is 0 Å². The summed E-state index contributed by atoms with van der Waals surface area (Å²) in [5, 5.41) is 10.3. The third-order valence-electron chi connectivity index (χ3n) is 2.92. The van der Waals surface area contributed by atoms with Crippen LogP contribution in [0.5, 0.6) is 5.75 Å². The van der Waals surface area contributed by atoms with E-state index in [1.165, 1.54) is 50.7 Å². The van der Waals surface area contributed by atoms with Crippen molar-refractivity contribution in [2.24, 2.45) is 0 Å². The quantitative estimate of drug-likeness (QED) is 0.183. The molecule has 0 aliphatic carbocycles. The van der Waals surface area contributed by atoms with Crippen LogP contribution in [0.4, 0.5) is 5.69 Å². The second kappa shape index (κ2) is 28.7. The maximum absolute atomic E-state index is 10.3. The minimum absolute atomic E-state index is 0. The molecule has 0 N–H and O–H groups in total. The molecule has 0 amide bonds. The molecular formula is C21H39NO3Sn. The number of nitrogens with zero attached hydrogens (tertiary/aromatic N) is 1. The fourth-order valence-corrected chi connectivity index (χ4v) is 0.819. The minimum Gasteiger partial charge on any atom is -0.490 e. The van der Waals surface area contributed by atoms with Gasteiger partial charge in [-0.25, -0.2) is 0 Å². The van der Waals surface area contributed by atoms with Crippen molar-refractivity contribution in [3.8, 4) is 5.75 Å². The number of non-ortho nitro benzene ring substituents is 1. The Morgan fingerprint density at radius 1 is 0.885 bits per heavy atom. The zero-order chi connectivity index (χ0) is 19.9. The zero-order valence-corrected chi connectivity index (χ0v) is 20.6. The van der Waals surface area contributed by atoms with Crippen LogP contribution in [0.2, 0.25) is 0 Å². The van der Waals surface area contributed by atoms with Crippen molar-refractivity contribution in [1.29, 1.82) is 0 Å². The summed E-state index contributed by atoms with van der Waals surface area (Å²) in [4.78, 5) is 9.83. The predicted octanol–water partition coefficient (Wildman–Crippen LogP) is 7.20. The van der Waals surface area contributed by atoms with E-state index in [1.54, 1.807) is 18.2 Å². The van der Waals surface area contributed by atoms with Crippen LogP contribution in [-0.4, -0.2) is 35.4 Å². The number of ether oxygens (including phenoxy) is 1. The SMILES string of the molecule is C=CCOc1ccc([N+](=O)[O-])cc1.CCCC.CCCC.CCCC.[Sn]. The Morgan fingerprint density at radius 2 is 1.23 bits per heavy atom. The van der Waals surface area contributed by atoms with Crippen LogP contribution in [0, 0.1) is 10.1 Å². The summed E-state index contributed by atoms with van der Waals surface area (Å²) in [7, 11) is 0. The number of unbranched alkanes of at least 4 members (excludes halogenated alkanes) is 3. The first-order valence-electron chi connectivity index (χ1n) is 9.46. The average Bonchev–Trinajstić information content (AvgIpc) is 2.67. The predicted molar refractivity (Wildman–Crippen MR) is 116 cm³/mol. The number of benzene rings is 1. The van der Waals surface area contributed by atoms with Crippen LogP contribution >= 0.6 is 0 Å². The van der Waals surface area contributed by atoms with Crippen molar-refractivity contribution in [2.75, 3.05) is 6.61 Å². The van der Waals surface area contributed by atoms with Gasteiger partial charge in [0.15, 0.2) is 0 Å². The van der Waals surface area contributed by atoms with Gasteiger partial charge in [0.25, 0.3) is 5.69 Å². The fraction of sp³-hybridized carbons (Fsp3) is 0.619. The largest absolute Gasteiger partial charge is 0.490 e. The molecular weight excluding hydrogens is 433 g/mol. The maximum Gasteiger partial charge on any atom is 0.269 e. The first-order valence-corrected chi connectivity index (χ1v) is 9.46. The van der Waals surface area contributed by atoms with E-state index in [9.17, 15) is 10.1 Å². The molecule has 4 radical (unpaired) electrons. The van der Waals surface area contributed by atoms with Crippen LogP contribution in [0.25, 0.3) is 0 Å². The van der Waals surface area contributed by atoms with E-state index < -0.39 is 4.92 Å². The van der Waals surface area contributed by atoms with Gasteiger partial charge < -0.3 is 4.74 Å². The number of hydrogen-bond donors (Lipinski definition) is 0. The Labute approximate surface area is 178 Å². The first kappa shape index (κ1) is 32.6. The van der Waals surface area contributed by atoms with E-state index in [2.05, 4.69) is 48.1 Å². The van der Waals surface area contributed by atoms with Crippen molar-refractivity contribution in [1.82, 2.24) is 0 Å². The second-order valence-corrected chi connectivity index (χ2v) is 5.35. The van der Waals surface area contributed by atoms with Gasteiger partial charge in [-0.15, -0.1) is 0 Å². The van der Waals surface area contributed by atoms with Crippen molar-refractivity contribution in [3.05, 3.63) is 47.0 Å². The van der Waals surface area contributed by atoms with Crippen LogP contribution < -0.4 is 4.74 Å². The zero-order valence-electron chi connectivity index (χ0n) is 17.7. The molecule has 1 aromatic carbocycles. The number of nitro benzene ring substituents is 1. The Balaban J connectivity index is -0.000000155. The van der Waals surface area contributed by atoms with Gasteiger partial charge in [0.1, 0.15) is 12.4 Å². The Morgan fingerprint density at radius 3 is 1.46 bits per heavy atom. The molecule has 0 aromatic heterocycles. The molecule has 0 unspecified atom stereocenters. The van der Waals surface area contributed by atoms with Gasteiger partial charge in [-0.1, -0.05) is 92.7 Å².